The highest BCUT2D eigenvalue weighted by atomic mass is 32.2. The summed E-state index contributed by atoms with van der Waals surface area (Å²) in [7, 11) is -3.04. The van der Waals surface area contributed by atoms with Gasteiger partial charge in [0.25, 0.3) is 5.91 Å². The molecule has 0 radical (unpaired) electrons. The number of nitrogens with zero attached hydrogens (tertiary/aromatic N) is 1. The van der Waals surface area contributed by atoms with Crippen LogP contribution in [0, 0.1) is 0 Å². The van der Waals surface area contributed by atoms with Crippen molar-refractivity contribution in [1.29, 1.82) is 0 Å². The summed E-state index contributed by atoms with van der Waals surface area (Å²) >= 11 is 0. The summed E-state index contributed by atoms with van der Waals surface area (Å²) in [5, 5.41) is 1.97. The SMILES string of the molecule is CCN(C(=O)c1ccc(C2=CCOCC2)c2ccccc12)C1CCS(=O)(=O)C1. The molecule has 0 saturated carbocycles. The summed E-state index contributed by atoms with van der Waals surface area (Å²) in [6.07, 6.45) is 3.48. The second-order valence-electron chi connectivity index (χ2n) is 7.41. The summed E-state index contributed by atoms with van der Waals surface area (Å²) in [5.41, 5.74) is 3.02. The fourth-order valence-electron chi connectivity index (χ4n) is 4.28. The summed E-state index contributed by atoms with van der Waals surface area (Å²) in [4.78, 5) is 15.1. The third kappa shape index (κ3) is 3.59. The van der Waals surface area contributed by atoms with Gasteiger partial charge in [0, 0.05) is 18.2 Å². The Bertz CT molecular complexity index is 1040. The Balaban J connectivity index is 1.74. The standard InChI is InChI=1S/C22H25NO4S/c1-2-23(17-11-14-28(25,26)15-17)22(24)21-8-7-18(16-9-12-27-13-10-16)19-5-3-4-6-20(19)21/h3-9,17H,2,10-15H2,1H3. The maximum atomic E-state index is 13.4. The first-order valence-corrected chi connectivity index (χ1v) is 11.6. The van der Waals surface area contributed by atoms with E-state index < -0.39 is 9.84 Å². The van der Waals surface area contributed by atoms with Crippen LogP contribution in [0.1, 0.15) is 35.7 Å². The van der Waals surface area contributed by atoms with Gasteiger partial charge in [-0.3, -0.25) is 4.79 Å². The predicted molar refractivity (Wildman–Crippen MR) is 111 cm³/mol. The lowest BCUT2D eigenvalue weighted by atomic mass is 9.92. The largest absolute Gasteiger partial charge is 0.377 e. The lowest BCUT2D eigenvalue weighted by Crippen LogP contribution is -2.41. The molecule has 0 bridgehead atoms. The number of amides is 1. The van der Waals surface area contributed by atoms with E-state index >= 15 is 0 Å². The lowest BCUT2D eigenvalue weighted by molar-refractivity contribution is 0.0710. The van der Waals surface area contributed by atoms with Crippen LogP contribution >= 0.6 is 0 Å². The van der Waals surface area contributed by atoms with Gasteiger partial charge in [0.1, 0.15) is 0 Å². The number of hydrogen-bond donors (Lipinski definition) is 0. The van der Waals surface area contributed by atoms with Gasteiger partial charge in [0.2, 0.25) is 0 Å². The Hall–Kier alpha value is -2.18. The quantitative estimate of drug-likeness (QED) is 0.791. The zero-order chi connectivity index (χ0) is 19.7. The van der Waals surface area contributed by atoms with Gasteiger partial charge in [-0.1, -0.05) is 36.4 Å². The van der Waals surface area contributed by atoms with Crippen LogP contribution < -0.4 is 0 Å². The molecule has 1 fully saturated rings. The molecule has 0 aromatic heterocycles. The van der Waals surface area contributed by atoms with E-state index in [4.69, 9.17) is 4.74 Å². The van der Waals surface area contributed by atoms with Crippen molar-refractivity contribution in [3.8, 4) is 0 Å². The molecule has 0 spiro atoms. The molecule has 5 nitrogen and oxygen atoms in total. The van der Waals surface area contributed by atoms with Crippen LogP contribution in [0.25, 0.3) is 16.3 Å². The van der Waals surface area contributed by atoms with Gasteiger partial charge in [-0.05, 0) is 47.7 Å². The molecule has 0 N–H and O–H groups in total. The van der Waals surface area contributed by atoms with Crippen molar-refractivity contribution in [2.75, 3.05) is 31.3 Å². The molecule has 0 aliphatic carbocycles. The molecule has 2 aromatic carbocycles. The van der Waals surface area contributed by atoms with Crippen LogP contribution in [-0.2, 0) is 14.6 Å². The van der Waals surface area contributed by atoms with Gasteiger partial charge in [0.15, 0.2) is 9.84 Å². The average Bonchev–Trinajstić information content (AvgIpc) is 3.07. The molecule has 2 aliphatic heterocycles. The molecule has 1 amide bonds. The smallest absolute Gasteiger partial charge is 0.254 e. The summed E-state index contributed by atoms with van der Waals surface area (Å²) in [5.74, 6) is 0.139. The number of benzene rings is 2. The van der Waals surface area contributed by atoms with Gasteiger partial charge < -0.3 is 9.64 Å². The minimum atomic E-state index is -3.04. The van der Waals surface area contributed by atoms with Crippen molar-refractivity contribution < 1.29 is 17.9 Å². The minimum Gasteiger partial charge on any atom is -0.377 e. The highest BCUT2D eigenvalue weighted by Crippen LogP contribution is 2.32. The zero-order valence-electron chi connectivity index (χ0n) is 16.1. The van der Waals surface area contributed by atoms with Crippen LogP contribution in [-0.4, -0.2) is 56.5 Å². The van der Waals surface area contributed by atoms with Crippen molar-refractivity contribution in [1.82, 2.24) is 4.90 Å². The molecule has 1 atom stereocenters. The number of carbonyl (C=O) groups excluding carboxylic acids is 1. The Morgan fingerprint density at radius 3 is 2.61 bits per heavy atom. The van der Waals surface area contributed by atoms with E-state index in [1.54, 1.807) is 4.90 Å². The molecule has 1 unspecified atom stereocenters. The van der Waals surface area contributed by atoms with E-state index in [1.165, 1.54) is 5.57 Å². The number of rotatable bonds is 4. The first-order chi connectivity index (χ1) is 13.5. The third-order valence-electron chi connectivity index (χ3n) is 5.71. The molecule has 28 heavy (non-hydrogen) atoms. The number of carbonyl (C=O) groups is 1. The molecule has 148 valence electrons. The van der Waals surface area contributed by atoms with E-state index in [-0.39, 0.29) is 23.5 Å². The van der Waals surface area contributed by atoms with E-state index in [9.17, 15) is 13.2 Å². The maximum absolute atomic E-state index is 13.4. The first kappa shape index (κ1) is 19.2. The first-order valence-electron chi connectivity index (χ1n) is 9.80. The second-order valence-corrected chi connectivity index (χ2v) is 9.64. The van der Waals surface area contributed by atoms with Crippen molar-refractivity contribution in [3.05, 3.63) is 53.6 Å². The van der Waals surface area contributed by atoms with Gasteiger partial charge in [-0.25, -0.2) is 8.42 Å². The fraction of sp³-hybridized carbons (Fsp3) is 0.409. The molecule has 2 aromatic rings. The van der Waals surface area contributed by atoms with Gasteiger partial charge in [-0.15, -0.1) is 0 Å². The molecular weight excluding hydrogens is 374 g/mol. The van der Waals surface area contributed by atoms with E-state index in [1.807, 2.05) is 43.3 Å². The predicted octanol–water partition coefficient (Wildman–Crippen LogP) is 3.29. The van der Waals surface area contributed by atoms with Crippen LogP contribution in [0.5, 0.6) is 0 Å². The maximum Gasteiger partial charge on any atom is 0.254 e. The zero-order valence-corrected chi connectivity index (χ0v) is 16.9. The number of fused-ring (bicyclic) bond motifs is 1. The van der Waals surface area contributed by atoms with Crippen LogP contribution in [0.2, 0.25) is 0 Å². The average molecular weight is 400 g/mol. The van der Waals surface area contributed by atoms with E-state index in [0.29, 0.717) is 31.7 Å². The molecule has 1 saturated heterocycles. The van der Waals surface area contributed by atoms with E-state index in [2.05, 4.69) is 6.08 Å². The fourth-order valence-corrected chi connectivity index (χ4v) is 6.01. The normalized spacial score (nSPS) is 21.5. The van der Waals surface area contributed by atoms with Gasteiger partial charge in [0.05, 0.1) is 24.7 Å². The number of sulfone groups is 1. The Morgan fingerprint density at radius 2 is 1.96 bits per heavy atom. The second kappa shape index (κ2) is 7.68. The van der Waals surface area contributed by atoms with Crippen molar-refractivity contribution in [3.63, 3.8) is 0 Å². The Kier molecular flexibility index (Phi) is 5.25. The van der Waals surface area contributed by atoms with E-state index in [0.717, 1.165) is 22.8 Å². The topological polar surface area (TPSA) is 63.7 Å². The van der Waals surface area contributed by atoms with Crippen molar-refractivity contribution >= 4 is 32.1 Å². The Labute approximate surface area is 165 Å². The summed E-state index contributed by atoms with van der Waals surface area (Å²) in [6.45, 7) is 3.73. The van der Waals surface area contributed by atoms with Gasteiger partial charge in [-0.2, -0.15) is 0 Å². The molecule has 6 heteroatoms. The highest BCUT2D eigenvalue weighted by molar-refractivity contribution is 7.91. The van der Waals surface area contributed by atoms with Crippen LogP contribution in [0.15, 0.2) is 42.5 Å². The monoisotopic (exact) mass is 399 g/mol. The lowest BCUT2D eigenvalue weighted by Gasteiger charge is -2.28. The molecular formula is C22H25NO4S. The van der Waals surface area contributed by atoms with Crippen LogP contribution in [0.3, 0.4) is 0 Å². The summed E-state index contributed by atoms with van der Waals surface area (Å²) < 4.78 is 29.2. The third-order valence-corrected chi connectivity index (χ3v) is 7.46. The number of ether oxygens (including phenoxy) is 1. The van der Waals surface area contributed by atoms with Crippen LogP contribution in [0.4, 0.5) is 0 Å². The number of hydrogen-bond acceptors (Lipinski definition) is 4. The Morgan fingerprint density at radius 1 is 1.18 bits per heavy atom. The molecule has 2 aliphatic rings. The molecule has 2 heterocycles. The molecule has 4 rings (SSSR count). The van der Waals surface area contributed by atoms with Gasteiger partial charge >= 0.3 is 0 Å². The highest BCUT2D eigenvalue weighted by Gasteiger charge is 2.34. The van der Waals surface area contributed by atoms with Crippen molar-refractivity contribution in [2.24, 2.45) is 0 Å². The minimum absolute atomic E-state index is 0.0650. The van der Waals surface area contributed by atoms with Crippen molar-refractivity contribution in [2.45, 2.75) is 25.8 Å². The summed E-state index contributed by atoms with van der Waals surface area (Å²) in [6, 6.07) is 11.6.